The van der Waals surface area contributed by atoms with Gasteiger partial charge in [-0.1, -0.05) is 18.2 Å². The summed E-state index contributed by atoms with van der Waals surface area (Å²) in [6.07, 6.45) is 2.88. The zero-order valence-electron chi connectivity index (χ0n) is 14.6. The zero-order chi connectivity index (χ0) is 19.2. The molecular weight excluding hydrogens is 376 g/mol. The first kappa shape index (κ1) is 20.7. The van der Waals surface area contributed by atoms with Crippen LogP contribution < -0.4 is 10.4 Å². The fourth-order valence-corrected chi connectivity index (χ4v) is 4.84. The smallest absolute Gasteiger partial charge is 0.243 e. The fraction of sp³-hybridized carbons (Fsp3) is 0.529. The molecule has 7 nitrogen and oxygen atoms in total. The van der Waals surface area contributed by atoms with E-state index in [1.165, 1.54) is 16.1 Å². The lowest BCUT2D eigenvalue weighted by molar-refractivity contribution is -0.308. The van der Waals surface area contributed by atoms with Crippen molar-refractivity contribution in [3.8, 4) is 0 Å². The van der Waals surface area contributed by atoms with Gasteiger partial charge in [-0.15, -0.1) is 0 Å². The number of hydrogen-bond acceptors (Lipinski definition) is 6. The predicted octanol–water partition coefficient (Wildman–Crippen LogP) is 0.0751. The quantitative estimate of drug-likeness (QED) is 0.663. The first-order valence-corrected chi connectivity index (χ1v) is 11.2. The molecule has 1 aromatic rings. The van der Waals surface area contributed by atoms with Gasteiger partial charge in [0.2, 0.25) is 15.9 Å². The molecule has 1 amide bonds. The lowest BCUT2D eigenvalue weighted by Crippen LogP contribution is -2.51. The summed E-state index contributed by atoms with van der Waals surface area (Å²) in [5.41, 5.74) is 0. The van der Waals surface area contributed by atoms with Gasteiger partial charge in [0.05, 0.1) is 16.9 Å². The minimum Gasteiger partial charge on any atom is -0.548 e. The van der Waals surface area contributed by atoms with E-state index in [0.29, 0.717) is 25.0 Å². The summed E-state index contributed by atoms with van der Waals surface area (Å²) in [7, 11) is -3.56. The average molecular weight is 400 g/mol. The highest BCUT2D eigenvalue weighted by Gasteiger charge is 2.32. The van der Waals surface area contributed by atoms with Crippen LogP contribution >= 0.6 is 11.8 Å². The van der Waals surface area contributed by atoms with Crippen molar-refractivity contribution in [1.82, 2.24) is 9.62 Å². The Bertz CT molecular complexity index is 716. The number of amides is 1. The molecule has 1 aliphatic rings. The van der Waals surface area contributed by atoms with Crippen molar-refractivity contribution in [2.24, 2.45) is 5.92 Å². The van der Waals surface area contributed by atoms with Crippen LogP contribution in [0.15, 0.2) is 35.2 Å². The van der Waals surface area contributed by atoms with Crippen molar-refractivity contribution in [2.45, 2.75) is 30.2 Å². The SMILES string of the molecule is CSCC[C@H](NC(=O)C1CCN(S(=O)(=O)c2ccccc2)CC1)C(=O)[O-]. The van der Waals surface area contributed by atoms with Crippen LogP contribution in [0, 0.1) is 5.92 Å². The lowest BCUT2D eigenvalue weighted by Gasteiger charge is -2.31. The molecule has 0 aliphatic carbocycles. The van der Waals surface area contributed by atoms with Crippen molar-refractivity contribution in [2.75, 3.05) is 25.1 Å². The van der Waals surface area contributed by atoms with Gasteiger partial charge < -0.3 is 15.2 Å². The summed E-state index contributed by atoms with van der Waals surface area (Å²) in [5.74, 6) is -1.44. The van der Waals surface area contributed by atoms with Crippen LogP contribution in [0.1, 0.15) is 19.3 Å². The Morgan fingerprint density at radius 1 is 1.27 bits per heavy atom. The first-order valence-electron chi connectivity index (χ1n) is 8.41. The molecule has 144 valence electrons. The second-order valence-electron chi connectivity index (χ2n) is 6.15. The molecule has 1 aromatic carbocycles. The van der Waals surface area contributed by atoms with Crippen LogP contribution in [0.25, 0.3) is 0 Å². The lowest BCUT2D eigenvalue weighted by atomic mass is 9.96. The largest absolute Gasteiger partial charge is 0.548 e. The van der Waals surface area contributed by atoms with Crippen LogP contribution in [0.5, 0.6) is 0 Å². The van der Waals surface area contributed by atoms with Crippen LogP contribution in [-0.4, -0.2) is 55.7 Å². The maximum absolute atomic E-state index is 12.6. The Morgan fingerprint density at radius 3 is 2.42 bits per heavy atom. The Kier molecular flexibility index (Phi) is 7.48. The number of benzene rings is 1. The minimum absolute atomic E-state index is 0.232. The number of carbonyl (C=O) groups excluding carboxylic acids is 2. The molecule has 1 heterocycles. The molecule has 1 fully saturated rings. The highest BCUT2D eigenvalue weighted by Crippen LogP contribution is 2.24. The second-order valence-corrected chi connectivity index (χ2v) is 9.08. The maximum Gasteiger partial charge on any atom is 0.243 e. The van der Waals surface area contributed by atoms with Crippen LogP contribution in [0.3, 0.4) is 0 Å². The molecule has 0 aromatic heterocycles. The number of thioether (sulfide) groups is 1. The van der Waals surface area contributed by atoms with Gasteiger partial charge in [-0.05, 0) is 43.4 Å². The fourth-order valence-electron chi connectivity index (χ4n) is 2.87. The van der Waals surface area contributed by atoms with Crippen molar-refractivity contribution in [1.29, 1.82) is 0 Å². The minimum atomic E-state index is -3.56. The van der Waals surface area contributed by atoms with Crippen LogP contribution in [0.4, 0.5) is 0 Å². The second kappa shape index (κ2) is 9.38. The average Bonchev–Trinajstić information content (AvgIpc) is 2.65. The molecule has 0 bridgehead atoms. The third kappa shape index (κ3) is 5.21. The van der Waals surface area contributed by atoms with Crippen LogP contribution in [0.2, 0.25) is 0 Å². The molecule has 1 aliphatic heterocycles. The van der Waals surface area contributed by atoms with Crippen molar-refractivity contribution < 1.29 is 23.1 Å². The Morgan fingerprint density at radius 2 is 1.88 bits per heavy atom. The molecule has 9 heteroatoms. The standard InChI is InChI=1S/C17H24N2O5S2/c1-25-12-9-15(17(21)22)18-16(20)13-7-10-19(11-8-13)26(23,24)14-5-3-2-4-6-14/h2-6,13,15H,7-12H2,1H3,(H,18,20)(H,21,22)/p-1/t15-/m0/s1. The molecule has 0 spiro atoms. The number of sulfonamides is 1. The Hall–Kier alpha value is -1.58. The first-order chi connectivity index (χ1) is 12.4. The van der Waals surface area contributed by atoms with Crippen molar-refractivity contribution in [3.05, 3.63) is 30.3 Å². The summed E-state index contributed by atoms with van der Waals surface area (Å²) < 4.78 is 26.5. The van der Waals surface area contributed by atoms with Gasteiger partial charge in [-0.3, -0.25) is 4.79 Å². The zero-order valence-corrected chi connectivity index (χ0v) is 16.2. The van der Waals surface area contributed by atoms with E-state index in [1.54, 1.807) is 30.3 Å². The summed E-state index contributed by atoms with van der Waals surface area (Å²) in [5, 5.41) is 13.7. The van der Waals surface area contributed by atoms with Crippen molar-refractivity contribution in [3.63, 3.8) is 0 Å². The summed E-state index contributed by atoms with van der Waals surface area (Å²) >= 11 is 1.50. The van der Waals surface area contributed by atoms with E-state index in [-0.39, 0.29) is 23.9 Å². The normalized spacial score (nSPS) is 17.6. The summed E-state index contributed by atoms with van der Waals surface area (Å²) in [6, 6.07) is 7.17. The molecule has 1 atom stereocenters. The van der Waals surface area contributed by atoms with Crippen molar-refractivity contribution >= 4 is 33.7 Å². The molecule has 1 N–H and O–H groups in total. The molecule has 1 saturated heterocycles. The molecular formula is C17H23N2O5S2-. The summed E-state index contributed by atoms with van der Waals surface area (Å²) in [4.78, 5) is 23.7. The number of nitrogens with zero attached hydrogens (tertiary/aromatic N) is 1. The van der Waals surface area contributed by atoms with E-state index in [0.717, 1.165) is 0 Å². The number of carbonyl (C=O) groups is 2. The molecule has 26 heavy (non-hydrogen) atoms. The predicted molar refractivity (Wildman–Crippen MR) is 97.9 cm³/mol. The number of piperidine rings is 1. The highest BCUT2D eigenvalue weighted by atomic mass is 32.2. The number of nitrogens with one attached hydrogen (secondary N) is 1. The van der Waals surface area contributed by atoms with E-state index in [9.17, 15) is 23.1 Å². The van der Waals surface area contributed by atoms with Gasteiger partial charge in [0.25, 0.3) is 0 Å². The van der Waals surface area contributed by atoms with E-state index >= 15 is 0 Å². The maximum atomic E-state index is 12.6. The van der Waals surface area contributed by atoms with Gasteiger partial charge in [0, 0.05) is 19.0 Å². The van der Waals surface area contributed by atoms with E-state index in [4.69, 9.17) is 0 Å². The van der Waals surface area contributed by atoms with E-state index < -0.39 is 28.0 Å². The Balaban J connectivity index is 1.93. The van der Waals surface area contributed by atoms with Gasteiger partial charge in [0.15, 0.2) is 0 Å². The molecule has 2 rings (SSSR count). The monoisotopic (exact) mass is 399 g/mol. The molecule has 0 saturated carbocycles. The van der Waals surface area contributed by atoms with E-state index in [1.807, 2.05) is 6.26 Å². The van der Waals surface area contributed by atoms with Gasteiger partial charge in [0.1, 0.15) is 0 Å². The van der Waals surface area contributed by atoms with E-state index in [2.05, 4.69) is 5.32 Å². The number of rotatable bonds is 8. The number of hydrogen-bond donors (Lipinski definition) is 1. The number of aliphatic carboxylic acids is 1. The third-order valence-corrected chi connectivity index (χ3v) is 6.97. The van der Waals surface area contributed by atoms with Gasteiger partial charge in [-0.25, -0.2) is 8.42 Å². The van der Waals surface area contributed by atoms with Gasteiger partial charge >= 0.3 is 0 Å². The summed E-state index contributed by atoms with van der Waals surface area (Å²) in [6.45, 7) is 0.465. The topological polar surface area (TPSA) is 107 Å². The number of carboxylic acid groups (broad SMARTS) is 1. The van der Waals surface area contributed by atoms with Crippen LogP contribution in [-0.2, 0) is 19.6 Å². The highest BCUT2D eigenvalue weighted by molar-refractivity contribution is 7.98. The Labute approximate surface area is 158 Å². The third-order valence-electron chi connectivity index (χ3n) is 4.42. The molecule has 0 radical (unpaired) electrons. The van der Waals surface area contributed by atoms with Gasteiger partial charge in [-0.2, -0.15) is 16.1 Å². The number of carboxylic acids is 1. The molecule has 0 unspecified atom stereocenters.